The number of rotatable bonds is 2. The van der Waals surface area contributed by atoms with Gasteiger partial charge >= 0.3 is 0 Å². The molecule has 0 bridgehead atoms. The summed E-state index contributed by atoms with van der Waals surface area (Å²) in [6.07, 6.45) is 1.89. The number of aliphatic hydroxyl groups is 2. The van der Waals surface area contributed by atoms with E-state index in [0.29, 0.717) is 0 Å². The minimum Gasteiger partial charge on any atom is -0.368 e. The van der Waals surface area contributed by atoms with Gasteiger partial charge in [-0.15, -0.1) is 0 Å². The molecule has 0 saturated heterocycles. The number of nitriles is 1. The van der Waals surface area contributed by atoms with Crippen LogP contribution in [0, 0.1) is 23.1 Å². The Morgan fingerprint density at radius 3 is 2.39 bits per heavy atom. The summed E-state index contributed by atoms with van der Waals surface area (Å²) in [6.45, 7) is 0. The molecular weight excluding hydrogens is 233 g/mol. The van der Waals surface area contributed by atoms with Gasteiger partial charge in [0.1, 0.15) is 11.9 Å². The number of aliphatic hydroxyl groups excluding tert-OH is 1. The van der Waals surface area contributed by atoms with Crippen molar-refractivity contribution in [1.82, 2.24) is 0 Å². The van der Waals surface area contributed by atoms with Crippen molar-refractivity contribution in [3.8, 4) is 6.07 Å². The van der Waals surface area contributed by atoms with Gasteiger partial charge in [-0.1, -0.05) is 6.07 Å². The summed E-state index contributed by atoms with van der Waals surface area (Å²) in [5.41, 5.74) is 0.968. The number of nitrogens with zero attached hydrogens (tertiary/aromatic N) is 1. The quantitative estimate of drug-likeness (QED) is 0.790. The van der Waals surface area contributed by atoms with Gasteiger partial charge in [0.25, 0.3) is 0 Å². The molecule has 1 aliphatic rings. The van der Waals surface area contributed by atoms with Crippen molar-refractivity contribution in [2.75, 3.05) is 0 Å². The molecule has 1 aliphatic carbocycles. The third kappa shape index (κ3) is 2.69. The number of halogens is 1. The van der Waals surface area contributed by atoms with Crippen molar-refractivity contribution in [3.05, 3.63) is 35.1 Å². The van der Waals surface area contributed by atoms with Crippen LogP contribution < -0.4 is 0 Å². The normalized spacial score (nSPS) is 23.9. The van der Waals surface area contributed by atoms with Crippen LogP contribution in [0.15, 0.2) is 18.2 Å². The molecule has 0 heterocycles. The fourth-order valence-electron chi connectivity index (χ4n) is 2.63. The van der Waals surface area contributed by atoms with E-state index >= 15 is 0 Å². The van der Waals surface area contributed by atoms with Gasteiger partial charge in [-0.25, -0.2) is 4.39 Å². The smallest absolute Gasteiger partial charge is 0.154 e. The van der Waals surface area contributed by atoms with Crippen LogP contribution >= 0.6 is 0 Å². The van der Waals surface area contributed by atoms with Crippen molar-refractivity contribution in [2.45, 2.75) is 37.9 Å². The second-order valence-corrected chi connectivity index (χ2v) is 4.88. The van der Waals surface area contributed by atoms with Gasteiger partial charge < -0.3 is 10.2 Å². The van der Waals surface area contributed by atoms with E-state index in [2.05, 4.69) is 0 Å². The molecule has 0 aliphatic heterocycles. The Bertz CT molecular complexity index is 459. The lowest BCUT2D eigenvalue weighted by molar-refractivity contribution is -0.0937. The van der Waals surface area contributed by atoms with E-state index < -0.39 is 12.1 Å². The molecular formula is C14H16FNO2. The van der Waals surface area contributed by atoms with Gasteiger partial charge in [0.05, 0.1) is 5.56 Å². The predicted octanol–water partition coefficient (Wildman–Crippen LogP) is 2.28. The second-order valence-electron chi connectivity index (χ2n) is 4.88. The third-order valence-electron chi connectivity index (χ3n) is 3.78. The maximum Gasteiger partial charge on any atom is 0.154 e. The van der Waals surface area contributed by atoms with Crippen LogP contribution in [-0.2, 0) is 0 Å². The Morgan fingerprint density at radius 1 is 1.22 bits per heavy atom. The minimum atomic E-state index is -1.25. The molecule has 2 rings (SSSR count). The summed E-state index contributed by atoms with van der Waals surface area (Å²) >= 11 is 0. The minimum absolute atomic E-state index is 0.0653. The maximum absolute atomic E-state index is 13.5. The molecule has 1 saturated carbocycles. The van der Waals surface area contributed by atoms with E-state index in [1.807, 2.05) is 0 Å². The Kier molecular flexibility index (Phi) is 3.95. The summed E-state index contributed by atoms with van der Waals surface area (Å²) in [5, 5.41) is 26.9. The topological polar surface area (TPSA) is 64.2 Å². The van der Waals surface area contributed by atoms with Crippen molar-refractivity contribution in [1.29, 1.82) is 5.26 Å². The molecule has 4 heteroatoms. The molecule has 1 aromatic rings. The lowest BCUT2D eigenvalue weighted by atomic mass is 9.78. The van der Waals surface area contributed by atoms with E-state index in [9.17, 15) is 4.39 Å². The monoisotopic (exact) mass is 249 g/mol. The van der Waals surface area contributed by atoms with E-state index in [1.165, 1.54) is 12.1 Å². The highest BCUT2D eigenvalue weighted by atomic mass is 19.1. The first-order valence-electron chi connectivity index (χ1n) is 6.17. The van der Waals surface area contributed by atoms with Crippen LogP contribution in [0.25, 0.3) is 0 Å². The van der Waals surface area contributed by atoms with Gasteiger partial charge in [-0.2, -0.15) is 5.26 Å². The molecule has 0 unspecified atom stereocenters. The summed E-state index contributed by atoms with van der Waals surface area (Å²) in [4.78, 5) is 0. The lowest BCUT2D eigenvalue weighted by Crippen LogP contribution is -2.24. The molecule has 1 aromatic carbocycles. The van der Waals surface area contributed by atoms with Gasteiger partial charge in [0.15, 0.2) is 6.29 Å². The third-order valence-corrected chi connectivity index (χ3v) is 3.78. The molecule has 2 N–H and O–H groups in total. The van der Waals surface area contributed by atoms with Crippen molar-refractivity contribution >= 4 is 0 Å². The zero-order valence-electron chi connectivity index (χ0n) is 10.0. The molecule has 0 amide bonds. The van der Waals surface area contributed by atoms with Gasteiger partial charge in [-0.05, 0) is 49.3 Å². The van der Waals surface area contributed by atoms with Crippen LogP contribution in [0.3, 0.4) is 0 Å². The van der Waals surface area contributed by atoms with Crippen LogP contribution in [0.5, 0.6) is 0 Å². The highest BCUT2D eigenvalue weighted by molar-refractivity contribution is 5.34. The van der Waals surface area contributed by atoms with E-state index in [-0.39, 0.29) is 17.4 Å². The summed E-state index contributed by atoms with van der Waals surface area (Å²) < 4.78 is 13.5. The molecule has 0 spiro atoms. The van der Waals surface area contributed by atoms with Gasteiger partial charge in [0.2, 0.25) is 0 Å². The average Bonchev–Trinajstić information content (AvgIpc) is 2.38. The molecule has 18 heavy (non-hydrogen) atoms. The Hall–Kier alpha value is -1.44. The number of hydrogen-bond acceptors (Lipinski definition) is 3. The first-order valence-corrected chi connectivity index (χ1v) is 6.17. The van der Waals surface area contributed by atoms with Crippen molar-refractivity contribution in [2.24, 2.45) is 5.92 Å². The first-order chi connectivity index (χ1) is 8.61. The van der Waals surface area contributed by atoms with Crippen molar-refractivity contribution in [3.63, 3.8) is 0 Å². The zero-order valence-corrected chi connectivity index (χ0v) is 10.0. The SMILES string of the molecule is N#Cc1ccc(C2CCC(C(O)O)CC2)cc1F. The number of benzene rings is 1. The lowest BCUT2D eigenvalue weighted by Gasteiger charge is -2.29. The van der Waals surface area contributed by atoms with Crippen LogP contribution in [0.1, 0.15) is 42.7 Å². The second kappa shape index (κ2) is 5.47. The van der Waals surface area contributed by atoms with Gasteiger partial charge in [0, 0.05) is 5.92 Å². The summed E-state index contributed by atoms with van der Waals surface area (Å²) in [7, 11) is 0. The van der Waals surface area contributed by atoms with Crippen molar-refractivity contribution < 1.29 is 14.6 Å². The standard InChI is InChI=1S/C14H16FNO2/c15-13-7-11(5-6-12(13)8-16)9-1-3-10(4-2-9)14(17)18/h5-7,9-10,14,17-18H,1-4H2. The summed E-state index contributed by atoms with van der Waals surface area (Å²) in [6, 6.07) is 6.54. The van der Waals surface area contributed by atoms with Crippen LogP contribution in [-0.4, -0.2) is 16.5 Å². The highest BCUT2D eigenvalue weighted by Crippen LogP contribution is 2.37. The average molecular weight is 249 g/mol. The molecule has 1 fully saturated rings. The molecule has 0 atom stereocenters. The van der Waals surface area contributed by atoms with E-state index in [1.54, 1.807) is 12.1 Å². The Labute approximate surface area is 105 Å². The van der Waals surface area contributed by atoms with Crippen LogP contribution in [0.4, 0.5) is 4.39 Å². The molecule has 0 radical (unpaired) electrons. The first kappa shape index (κ1) is 13.0. The maximum atomic E-state index is 13.5. The van der Waals surface area contributed by atoms with E-state index in [4.69, 9.17) is 15.5 Å². The van der Waals surface area contributed by atoms with E-state index in [0.717, 1.165) is 31.2 Å². The zero-order chi connectivity index (χ0) is 13.1. The van der Waals surface area contributed by atoms with Gasteiger partial charge in [-0.3, -0.25) is 0 Å². The Morgan fingerprint density at radius 2 is 1.89 bits per heavy atom. The Balaban J connectivity index is 2.06. The molecule has 96 valence electrons. The van der Waals surface area contributed by atoms with Crippen LogP contribution in [0.2, 0.25) is 0 Å². The highest BCUT2D eigenvalue weighted by Gasteiger charge is 2.26. The fraction of sp³-hybridized carbons (Fsp3) is 0.500. The number of hydrogen-bond donors (Lipinski definition) is 2. The molecule has 0 aromatic heterocycles. The fourth-order valence-corrected chi connectivity index (χ4v) is 2.63. The molecule has 3 nitrogen and oxygen atoms in total. The largest absolute Gasteiger partial charge is 0.368 e. The summed E-state index contributed by atoms with van der Waals surface area (Å²) in [5.74, 6) is -0.286. The predicted molar refractivity (Wildman–Crippen MR) is 64.0 cm³/mol.